The minimum atomic E-state index is 0.124. The van der Waals surface area contributed by atoms with Gasteiger partial charge in [-0.05, 0) is 36.5 Å². The first-order valence-corrected chi connectivity index (χ1v) is 5.87. The summed E-state index contributed by atoms with van der Waals surface area (Å²) in [7, 11) is 0. The lowest BCUT2D eigenvalue weighted by Crippen LogP contribution is -2.20. The Kier molecular flexibility index (Phi) is 3.57. The minimum Gasteiger partial charge on any atom is -0.326 e. The van der Waals surface area contributed by atoms with Crippen molar-refractivity contribution in [3.63, 3.8) is 0 Å². The van der Waals surface area contributed by atoms with Crippen LogP contribution in [0.5, 0.6) is 0 Å². The third-order valence-electron chi connectivity index (χ3n) is 3.15. The number of carbonyl (C=O) groups excluding carboxylic acids is 1. The van der Waals surface area contributed by atoms with Crippen LogP contribution in [0.25, 0.3) is 0 Å². The molecule has 0 heterocycles. The molecule has 1 fully saturated rings. The number of rotatable bonds is 4. The van der Waals surface area contributed by atoms with Gasteiger partial charge in [-0.15, -0.1) is 0 Å². The lowest BCUT2D eigenvalue weighted by Gasteiger charge is -2.24. The van der Waals surface area contributed by atoms with Crippen molar-refractivity contribution in [3.05, 3.63) is 29.8 Å². The van der Waals surface area contributed by atoms with Crippen molar-refractivity contribution >= 4 is 11.6 Å². The molecule has 1 aliphatic rings. The molecule has 3 N–H and O–H groups in total. The van der Waals surface area contributed by atoms with Gasteiger partial charge in [0.05, 0.1) is 0 Å². The van der Waals surface area contributed by atoms with E-state index in [9.17, 15) is 4.79 Å². The van der Waals surface area contributed by atoms with E-state index in [0.29, 0.717) is 18.9 Å². The highest BCUT2D eigenvalue weighted by molar-refractivity contribution is 5.90. The molecule has 1 aliphatic carbocycles. The van der Waals surface area contributed by atoms with Gasteiger partial charge in [-0.3, -0.25) is 4.79 Å². The maximum Gasteiger partial charge on any atom is 0.224 e. The monoisotopic (exact) mass is 218 g/mol. The Morgan fingerprint density at radius 2 is 2.25 bits per heavy atom. The van der Waals surface area contributed by atoms with E-state index >= 15 is 0 Å². The van der Waals surface area contributed by atoms with Crippen molar-refractivity contribution in [1.82, 2.24) is 0 Å². The van der Waals surface area contributed by atoms with E-state index in [1.54, 1.807) is 0 Å². The van der Waals surface area contributed by atoms with Crippen molar-refractivity contribution in [3.8, 4) is 0 Å². The second kappa shape index (κ2) is 5.12. The molecular formula is C13H18N2O. The predicted molar refractivity (Wildman–Crippen MR) is 64.9 cm³/mol. The predicted octanol–water partition coefficient (Wildman–Crippen LogP) is 2.27. The van der Waals surface area contributed by atoms with Gasteiger partial charge in [-0.2, -0.15) is 0 Å². The van der Waals surface area contributed by atoms with Gasteiger partial charge < -0.3 is 11.1 Å². The third-order valence-corrected chi connectivity index (χ3v) is 3.15. The van der Waals surface area contributed by atoms with Gasteiger partial charge in [0.1, 0.15) is 0 Å². The highest BCUT2D eigenvalue weighted by atomic mass is 16.1. The summed E-state index contributed by atoms with van der Waals surface area (Å²) in [5.74, 6) is 0.733. The zero-order chi connectivity index (χ0) is 11.4. The Morgan fingerprint density at radius 1 is 1.44 bits per heavy atom. The maximum atomic E-state index is 11.7. The van der Waals surface area contributed by atoms with Crippen LogP contribution in [-0.4, -0.2) is 5.91 Å². The Balaban J connectivity index is 1.89. The van der Waals surface area contributed by atoms with E-state index in [-0.39, 0.29) is 5.91 Å². The molecular weight excluding hydrogens is 200 g/mol. The Bertz CT molecular complexity index is 372. The molecule has 16 heavy (non-hydrogen) atoms. The summed E-state index contributed by atoms with van der Waals surface area (Å²) < 4.78 is 0. The second-order valence-electron chi connectivity index (χ2n) is 4.45. The van der Waals surface area contributed by atoms with E-state index < -0.39 is 0 Å². The summed E-state index contributed by atoms with van der Waals surface area (Å²) in [6, 6.07) is 7.71. The maximum absolute atomic E-state index is 11.7. The van der Waals surface area contributed by atoms with Crippen LogP contribution >= 0.6 is 0 Å². The smallest absolute Gasteiger partial charge is 0.224 e. The zero-order valence-electron chi connectivity index (χ0n) is 9.41. The SMILES string of the molecule is NCc1cccc(NC(=O)CC2CCC2)c1. The van der Waals surface area contributed by atoms with E-state index in [0.717, 1.165) is 11.3 Å². The summed E-state index contributed by atoms with van der Waals surface area (Å²) in [4.78, 5) is 11.7. The number of anilines is 1. The van der Waals surface area contributed by atoms with Gasteiger partial charge in [0.25, 0.3) is 0 Å². The lowest BCUT2D eigenvalue weighted by molar-refractivity contribution is -0.117. The van der Waals surface area contributed by atoms with Gasteiger partial charge in [0, 0.05) is 18.7 Å². The average molecular weight is 218 g/mol. The first kappa shape index (κ1) is 11.1. The zero-order valence-corrected chi connectivity index (χ0v) is 9.41. The number of amides is 1. The Labute approximate surface area is 96.0 Å². The molecule has 2 rings (SSSR count). The summed E-state index contributed by atoms with van der Waals surface area (Å²) in [6.07, 6.45) is 4.35. The van der Waals surface area contributed by atoms with Crippen LogP contribution in [0.2, 0.25) is 0 Å². The summed E-state index contributed by atoms with van der Waals surface area (Å²) >= 11 is 0. The Hall–Kier alpha value is -1.35. The fraction of sp³-hybridized carbons (Fsp3) is 0.462. The first-order valence-electron chi connectivity index (χ1n) is 5.87. The van der Waals surface area contributed by atoms with E-state index in [4.69, 9.17) is 5.73 Å². The highest BCUT2D eigenvalue weighted by Crippen LogP contribution is 2.29. The van der Waals surface area contributed by atoms with Gasteiger partial charge in [0.15, 0.2) is 0 Å². The molecule has 3 heteroatoms. The van der Waals surface area contributed by atoms with Crippen LogP contribution in [0, 0.1) is 5.92 Å². The molecule has 0 bridgehead atoms. The number of hydrogen-bond acceptors (Lipinski definition) is 2. The fourth-order valence-electron chi connectivity index (χ4n) is 1.95. The average Bonchev–Trinajstić information content (AvgIpc) is 2.24. The number of benzene rings is 1. The van der Waals surface area contributed by atoms with Crippen LogP contribution in [-0.2, 0) is 11.3 Å². The van der Waals surface area contributed by atoms with Gasteiger partial charge in [-0.25, -0.2) is 0 Å². The normalized spacial score (nSPS) is 15.6. The van der Waals surface area contributed by atoms with Gasteiger partial charge >= 0.3 is 0 Å². The minimum absolute atomic E-state index is 0.124. The molecule has 1 aromatic rings. The van der Waals surface area contributed by atoms with Crippen LogP contribution in [0.15, 0.2) is 24.3 Å². The molecule has 86 valence electrons. The van der Waals surface area contributed by atoms with Crippen molar-refractivity contribution < 1.29 is 4.79 Å². The van der Waals surface area contributed by atoms with Crippen molar-refractivity contribution in [2.75, 3.05) is 5.32 Å². The van der Waals surface area contributed by atoms with Crippen molar-refractivity contribution in [2.24, 2.45) is 11.7 Å². The third kappa shape index (κ3) is 2.83. The fourth-order valence-corrected chi connectivity index (χ4v) is 1.95. The summed E-state index contributed by atoms with van der Waals surface area (Å²) in [5.41, 5.74) is 7.45. The van der Waals surface area contributed by atoms with Gasteiger partial charge in [-0.1, -0.05) is 18.6 Å². The lowest BCUT2D eigenvalue weighted by atomic mass is 9.83. The molecule has 1 amide bonds. The van der Waals surface area contributed by atoms with Crippen LogP contribution in [0.4, 0.5) is 5.69 Å². The second-order valence-corrected chi connectivity index (χ2v) is 4.45. The highest BCUT2D eigenvalue weighted by Gasteiger charge is 2.20. The topological polar surface area (TPSA) is 55.1 Å². The number of nitrogens with one attached hydrogen (secondary N) is 1. The van der Waals surface area contributed by atoms with Gasteiger partial charge in [0.2, 0.25) is 5.91 Å². The van der Waals surface area contributed by atoms with E-state index in [2.05, 4.69) is 5.32 Å². The standard InChI is InChI=1S/C13H18N2O/c14-9-11-5-2-6-12(7-11)15-13(16)8-10-3-1-4-10/h2,5-7,10H,1,3-4,8-9,14H2,(H,15,16). The van der Waals surface area contributed by atoms with E-state index in [1.165, 1.54) is 19.3 Å². The molecule has 1 aromatic carbocycles. The molecule has 0 radical (unpaired) electrons. The molecule has 1 saturated carbocycles. The quantitative estimate of drug-likeness (QED) is 0.814. The molecule has 0 aromatic heterocycles. The van der Waals surface area contributed by atoms with Crippen LogP contribution in [0.1, 0.15) is 31.2 Å². The number of hydrogen-bond donors (Lipinski definition) is 2. The summed E-state index contributed by atoms with van der Waals surface area (Å²) in [5, 5.41) is 2.92. The molecule has 0 atom stereocenters. The number of carbonyl (C=O) groups is 1. The number of nitrogens with two attached hydrogens (primary N) is 1. The van der Waals surface area contributed by atoms with E-state index in [1.807, 2.05) is 24.3 Å². The molecule has 0 unspecified atom stereocenters. The van der Waals surface area contributed by atoms with Crippen molar-refractivity contribution in [2.45, 2.75) is 32.2 Å². The molecule has 0 aliphatic heterocycles. The first-order chi connectivity index (χ1) is 7.78. The van der Waals surface area contributed by atoms with Crippen LogP contribution in [0.3, 0.4) is 0 Å². The van der Waals surface area contributed by atoms with Crippen LogP contribution < -0.4 is 11.1 Å². The summed E-state index contributed by atoms with van der Waals surface area (Å²) in [6.45, 7) is 0.506. The molecule has 3 nitrogen and oxygen atoms in total. The largest absolute Gasteiger partial charge is 0.326 e. The Morgan fingerprint density at radius 3 is 2.88 bits per heavy atom. The molecule has 0 spiro atoms. The molecule has 0 saturated heterocycles. The van der Waals surface area contributed by atoms with Crippen molar-refractivity contribution in [1.29, 1.82) is 0 Å².